The highest BCUT2D eigenvalue weighted by atomic mass is 19.1. The molecule has 3 aromatic carbocycles. The molecule has 2 amide bonds. The number of ether oxygens (including phenoxy) is 2. The van der Waals surface area contributed by atoms with Crippen molar-refractivity contribution >= 4 is 28.9 Å². The number of carbonyl (C=O) groups excluding carboxylic acids is 2. The lowest BCUT2D eigenvalue weighted by atomic mass is 9.89. The molecule has 36 heavy (non-hydrogen) atoms. The summed E-state index contributed by atoms with van der Waals surface area (Å²) in [6, 6.07) is 15.2. The number of nitro benzene ring substituents is 1. The van der Waals surface area contributed by atoms with E-state index in [2.05, 4.69) is 0 Å². The Morgan fingerprint density at radius 2 is 1.58 bits per heavy atom. The molecule has 2 heterocycles. The van der Waals surface area contributed by atoms with Crippen molar-refractivity contribution in [3.8, 4) is 11.5 Å². The molecule has 0 N–H and O–H groups in total. The van der Waals surface area contributed by atoms with Crippen LogP contribution in [-0.4, -0.2) is 37.1 Å². The third kappa shape index (κ3) is 3.60. The van der Waals surface area contributed by atoms with Gasteiger partial charge in [0.15, 0.2) is 17.6 Å². The Balaban J connectivity index is 1.69. The predicted octanol–water partition coefficient (Wildman–Crippen LogP) is 3.80. The van der Waals surface area contributed by atoms with Gasteiger partial charge in [-0.15, -0.1) is 0 Å². The minimum absolute atomic E-state index is 0.0508. The van der Waals surface area contributed by atoms with Crippen LogP contribution in [0.2, 0.25) is 0 Å². The number of anilines is 2. The van der Waals surface area contributed by atoms with E-state index >= 15 is 0 Å². The van der Waals surface area contributed by atoms with Gasteiger partial charge in [-0.3, -0.25) is 24.5 Å². The van der Waals surface area contributed by atoms with E-state index in [4.69, 9.17) is 14.3 Å². The molecule has 3 atom stereocenters. The number of benzene rings is 3. The van der Waals surface area contributed by atoms with Crippen LogP contribution in [0.4, 0.5) is 21.5 Å². The zero-order valence-corrected chi connectivity index (χ0v) is 19.2. The average Bonchev–Trinajstić information content (AvgIpc) is 3.39. The second-order valence-corrected chi connectivity index (χ2v) is 8.17. The number of hydrogen-bond acceptors (Lipinski definition) is 8. The summed E-state index contributed by atoms with van der Waals surface area (Å²) in [6.07, 6.45) is -1.28. The number of amides is 2. The van der Waals surface area contributed by atoms with Crippen molar-refractivity contribution < 1.29 is 33.2 Å². The lowest BCUT2D eigenvalue weighted by Gasteiger charge is -2.29. The van der Waals surface area contributed by atoms with Gasteiger partial charge in [0.1, 0.15) is 17.8 Å². The first-order valence-electron chi connectivity index (χ1n) is 10.9. The number of nitro groups is 1. The van der Waals surface area contributed by atoms with Gasteiger partial charge in [-0.25, -0.2) is 14.4 Å². The molecule has 2 aliphatic heterocycles. The Morgan fingerprint density at radius 3 is 2.22 bits per heavy atom. The number of fused-ring (bicyclic) bond motifs is 1. The standard InChI is InChI=1S/C25H20FN3O7/c1-34-19-12-17(18(29(32)33)13-20(19)35-2)22-21-23(36-28(22)15-8-4-3-5-9-15)25(31)27(24(21)30)16-10-6-7-14(26)11-16/h3-13,21-23H,1-2H3/t21-,22-,23-/m1/s1. The van der Waals surface area contributed by atoms with Crippen LogP contribution in [0.25, 0.3) is 0 Å². The summed E-state index contributed by atoms with van der Waals surface area (Å²) in [5.74, 6) is -2.80. The van der Waals surface area contributed by atoms with E-state index in [-0.39, 0.29) is 28.4 Å². The predicted molar refractivity (Wildman–Crippen MR) is 125 cm³/mol. The molecule has 0 aliphatic carbocycles. The van der Waals surface area contributed by atoms with Gasteiger partial charge in [0.2, 0.25) is 5.91 Å². The molecule has 0 spiro atoms. The molecule has 3 aromatic rings. The minimum Gasteiger partial charge on any atom is -0.493 e. The molecule has 0 unspecified atom stereocenters. The monoisotopic (exact) mass is 493 g/mol. The average molecular weight is 493 g/mol. The Hall–Kier alpha value is -4.51. The van der Waals surface area contributed by atoms with Crippen LogP contribution in [0.5, 0.6) is 11.5 Å². The largest absolute Gasteiger partial charge is 0.493 e. The van der Waals surface area contributed by atoms with Crippen molar-refractivity contribution in [2.24, 2.45) is 5.92 Å². The highest BCUT2D eigenvalue weighted by Crippen LogP contribution is 2.51. The molecule has 10 nitrogen and oxygen atoms in total. The first kappa shape index (κ1) is 23.2. The summed E-state index contributed by atoms with van der Waals surface area (Å²) in [7, 11) is 2.73. The van der Waals surface area contributed by atoms with Crippen LogP contribution < -0.4 is 19.4 Å². The number of hydrogen-bond donors (Lipinski definition) is 0. The SMILES string of the molecule is COc1cc([C@@H]2[C@H]3C(=O)N(c4cccc(F)c4)C(=O)[C@@H]3ON2c2ccccc2)c([N+](=O)[O-])cc1OC. The van der Waals surface area contributed by atoms with E-state index in [0.29, 0.717) is 5.69 Å². The van der Waals surface area contributed by atoms with Crippen LogP contribution in [0.1, 0.15) is 11.6 Å². The molecule has 184 valence electrons. The minimum atomic E-state index is -1.28. The number of imide groups is 1. The first-order valence-corrected chi connectivity index (χ1v) is 10.9. The lowest BCUT2D eigenvalue weighted by molar-refractivity contribution is -0.385. The Bertz CT molecular complexity index is 1370. The second-order valence-electron chi connectivity index (χ2n) is 8.17. The second kappa shape index (κ2) is 8.93. The molecule has 11 heteroatoms. The van der Waals surface area contributed by atoms with E-state index in [1.54, 1.807) is 30.3 Å². The van der Waals surface area contributed by atoms with Gasteiger partial charge in [-0.2, -0.15) is 0 Å². The highest BCUT2D eigenvalue weighted by molar-refractivity contribution is 6.24. The fraction of sp³-hybridized carbons (Fsp3) is 0.200. The Morgan fingerprint density at radius 1 is 0.917 bits per heavy atom. The maximum absolute atomic E-state index is 13.9. The number of carbonyl (C=O) groups is 2. The molecular formula is C25H20FN3O7. The van der Waals surface area contributed by atoms with Crippen molar-refractivity contribution in [3.63, 3.8) is 0 Å². The third-order valence-electron chi connectivity index (χ3n) is 6.24. The van der Waals surface area contributed by atoms with Gasteiger partial charge in [0.25, 0.3) is 11.6 Å². The molecular weight excluding hydrogens is 473 g/mol. The lowest BCUT2D eigenvalue weighted by Crippen LogP contribution is -2.37. The fourth-order valence-corrected chi connectivity index (χ4v) is 4.68. The van der Waals surface area contributed by atoms with Crippen molar-refractivity contribution in [1.82, 2.24) is 0 Å². The number of para-hydroxylation sites is 1. The zero-order valence-electron chi connectivity index (χ0n) is 19.2. The topological polar surface area (TPSA) is 111 Å². The van der Waals surface area contributed by atoms with E-state index in [1.807, 2.05) is 0 Å². The zero-order chi connectivity index (χ0) is 25.6. The van der Waals surface area contributed by atoms with Crippen molar-refractivity contribution in [3.05, 3.63) is 88.2 Å². The van der Waals surface area contributed by atoms with Crippen LogP contribution >= 0.6 is 0 Å². The summed E-state index contributed by atoms with van der Waals surface area (Å²) in [5, 5.41) is 13.4. The van der Waals surface area contributed by atoms with E-state index in [9.17, 15) is 24.1 Å². The molecule has 0 saturated carbocycles. The van der Waals surface area contributed by atoms with Crippen molar-refractivity contribution in [2.45, 2.75) is 12.1 Å². The normalized spacial score (nSPS) is 21.0. The van der Waals surface area contributed by atoms with Crippen LogP contribution in [0.15, 0.2) is 66.7 Å². The van der Waals surface area contributed by atoms with Gasteiger partial charge in [0, 0.05) is 0 Å². The van der Waals surface area contributed by atoms with Gasteiger partial charge in [-0.1, -0.05) is 24.3 Å². The molecule has 2 saturated heterocycles. The van der Waals surface area contributed by atoms with Crippen molar-refractivity contribution in [1.29, 1.82) is 0 Å². The molecule has 0 aromatic heterocycles. The molecule has 0 radical (unpaired) electrons. The molecule has 0 bridgehead atoms. The third-order valence-corrected chi connectivity index (χ3v) is 6.24. The van der Waals surface area contributed by atoms with Crippen LogP contribution in [0.3, 0.4) is 0 Å². The summed E-state index contributed by atoms with van der Waals surface area (Å²) in [5.41, 5.74) is 0.289. The molecule has 2 fully saturated rings. The van der Waals surface area contributed by atoms with Gasteiger partial charge < -0.3 is 9.47 Å². The summed E-state index contributed by atoms with van der Waals surface area (Å²) >= 11 is 0. The number of methoxy groups -OCH3 is 2. The van der Waals surface area contributed by atoms with Crippen LogP contribution in [-0.2, 0) is 14.4 Å². The number of rotatable bonds is 6. The summed E-state index contributed by atoms with van der Waals surface area (Å²) in [4.78, 5) is 45.4. The smallest absolute Gasteiger partial charge is 0.278 e. The number of nitrogens with zero attached hydrogens (tertiary/aromatic N) is 3. The van der Waals surface area contributed by atoms with Gasteiger partial charge in [0.05, 0.1) is 42.1 Å². The number of hydroxylamine groups is 1. The Labute approximate surface area is 204 Å². The van der Waals surface area contributed by atoms with Crippen molar-refractivity contribution in [2.75, 3.05) is 24.2 Å². The van der Waals surface area contributed by atoms with Crippen LogP contribution in [0, 0.1) is 21.8 Å². The van der Waals surface area contributed by atoms with E-state index in [0.717, 1.165) is 11.0 Å². The first-order chi connectivity index (χ1) is 17.3. The maximum Gasteiger partial charge on any atom is 0.278 e. The fourth-order valence-electron chi connectivity index (χ4n) is 4.68. The Kier molecular flexibility index (Phi) is 5.77. The summed E-state index contributed by atoms with van der Waals surface area (Å²) in [6.45, 7) is 0. The van der Waals surface area contributed by atoms with Gasteiger partial charge in [-0.05, 0) is 36.4 Å². The maximum atomic E-state index is 13.9. The molecule has 2 aliphatic rings. The quantitative estimate of drug-likeness (QED) is 0.290. The molecule has 5 rings (SSSR count). The van der Waals surface area contributed by atoms with E-state index < -0.39 is 40.6 Å². The van der Waals surface area contributed by atoms with Gasteiger partial charge >= 0.3 is 0 Å². The number of halogens is 1. The summed E-state index contributed by atoms with van der Waals surface area (Å²) < 4.78 is 24.5. The highest BCUT2D eigenvalue weighted by Gasteiger charge is 2.61. The van der Waals surface area contributed by atoms with E-state index in [1.165, 1.54) is 49.6 Å².